The Morgan fingerprint density at radius 1 is 1.43 bits per heavy atom. The number of halogens is 3. The summed E-state index contributed by atoms with van der Waals surface area (Å²) in [6, 6.07) is 3.07. The van der Waals surface area contributed by atoms with Crippen LogP contribution in [0.2, 0.25) is 0 Å². The number of carbonyl (C=O) groups excluding carboxylic acids is 1. The number of aromatic nitrogens is 1. The third kappa shape index (κ3) is 6.05. The lowest BCUT2D eigenvalue weighted by atomic mass is 10.00. The van der Waals surface area contributed by atoms with Crippen LogP contribution in [0.3, 0.4) is 0 Å². The van der Waals surface area contributed by atoms with Crippen molar-refractivity contribution in [1.29, 1.82) is 0 Å². The second-order valence-corrected chi connectivity index (χ2v) is 5.74. The van der Waals surface area contributed by atoms with Gasteiger partial charge in [-0.25, -0.2) is 4.98 Å². The molecular weight excluding hydrogens is 311 g/mol. The minimum absolute atomic E-state index is 0.0732. The quantitative estimate of drug-likeness (QED) is 0.837. The molecule has 1 saturated carbocycles. The van der Waals surface area contributed by atoms with E-state index in [9.17, 15) is 18.0 Å². The van der Waals surface area contributed by atoms with Crippen LogP contribution in [0.15, 0.2) is 18.3 Å². The number of nitrogens with one attached hydrogen (secondary N) is 1. The van der Waals surface area contributed by atoms with Gasteiger partial charge in [0.1, 0.15) is 0 Å². The zero-order valence-electron chi connectivity index (χ0n) is 12.6. The number of amides is 1. The van der Waals surface area contributed by atoms with E-state index in [1.165, 1.54) is 12.3 Å². The fraction of sp³-hybridized carbons (Fsp3) is 0.600. The molecule has 1 aromatic heterocycles. The van der Waals surface area contributed by atoms with Gasteiger partial charge in [0.05, 0.1) is 0 Å². The van der Waals surface area contributed by atoms with Gasteiger partial charge in [0.15, 0.2) is 6.61 Å². The standard InChI is InChI=1S/C15H20F3N3O2/c16-15(17,18)9-23-14-6-10(4-5-20-14)8-21-13(22)7-11-2-1-3-12(11)19/h4-6,11-12H,1-3,7-9,19H2,(H,21,22)/t11-,12+/m0/s1. The van der Waals surface area contributed by atoms with Crippen molar-refractivity contribution in [3.8, 4) is 5.88 Å². The van der Waals surface area contributed by atoms with Crippen molar-refractivity contribution < 1.29 is 22.7 Å². The summed E-state index contributed by atoms with van der Waals surface area (Å²) in [5.74, 6) is -0.0214. The number of hydrogen-bond acceptors (Lipinski definition) is 4. The number of carbonyl (C=O) groups is 1. The molecule has 23 heavy (non-hydrogen) atoms. The van der Waals surface area contributed by atoms with E-state index < -0.39 is 12.8 Å². The average Bonchev–Trinajstić information content (AvgIpc) is 2.88. The van der Waals surface area contributed by atoms with Gasteiger partial charge in [-0.3, -0.25) is 4.79 Å². The Labute approximate surface area is 132 Å². The molecule has 1 aliphatic carbocycles. The summed E-state index contributed by atoms with van der Waals surface area (Å²) in [6.07, 6.45) is 0.264. The van der Waals surface area contributed by atoms with Crippen molar-refractivity contribution in [1.82, 2.24) is 10.3 Å². The lowest BCUT2D eigenvalue weighted by Crippen LogP contribution is -2.31. The van der Waals surface area contributed by atoms with Gasteiger partial charge in [0, 0.05) is 31.3 Å². The summed E-state index contributed by atoms with van der Waals surface area (Å²) < 4.78 is 40.9. The minimum atomic E-state index is -4.41. The highest BCUT2D eigenvalue weighted by atomic mass is 19.4. The SMILES string of the molecule is N[C@@H]1CCC[C@H]1CC(=O)NCc1ccnc(OCC(F)(F)F)c1. The molecule has 1 aliphatic rings. The highest BCUT2D eigenvalue weighted by molar-refractivity contribution is 5.76. The first-order valence-corrected chi connectivity index (χ1v) is 7.50. The van der Waals surface area contributed by atoms with E-state index in [0.717, 1.165) is 19.3 Å². The van der Waals surface area contributed by atoms with Crippen LogP contribution in [-0.4, -0.2) is 29.7 Å². The van der Waals surface area contributed by atoms with E-state index in [0.29, 0.717) is 12.0 Å². The first kappa shape index (κ1) is 17.5. The molecule has 1 heterocycles. The number of pyridine rings is 1. The summed E-state index contributed by atoms with van der Waals surface area (Å²) in [5.41, 5.74) is 6.55. The predicted octanol–water partition coefficient (Wildman–Crippen LogP) is 2.16. The number of rotatable bonds is 6. The van der Waals surface area contributed by atoms with Crippen molar-refractivity contribution in [2.24, 2.45) is 11.7 Å². The van der Waals surface area contributed by atoms with Crippen molar-refractivity contribution >= 4 is 5.91 Å². The van der Waals surface area contributed by atoms with Crippen LogP contribution in [-0.2, 0) is 11.3 Å². The Morgan fingerprint density at radius 2 is 2.22 bits per heavy atom. The molecule has 3 N–H and O–H groups in total. The molecule has 0 bridgehead atoms. The normalized spacial score (nSPS) is 21.2. The van der Waals surface area contributed by atoms with Gasteiger partial charge in [-0.15, -0.1) is 0 Å². The summed E-state index contributed by atoms with van der Waals surface area (Å²) in [6.45, 7) is -1.18. The van der Waals surface area contributed by atoms with Gasteiger partial charge >= 0.3 is 6.18 Å². The first-order valence-electron chi connectivity index (χ1n) is 7.50. The third-order valence-electron chi connectivity index (χ3n) is 3.84. The van der Waals surface area contributed by atoms with Gasteiger partial charge in [-0.1, -0.05) is 6.42 Å². The van der Waals surface area contributed by atoms with Gasteiger partial charge in [-0.2, -0.15) is 13.2 Å². The van der Waals surface area contributed by atoms with Gasteiger partial charge in [0.2, 0.25) is 11.8 Å². The van der Waals surface area contributed by atoms with E-state index >= 15 is 0 Å². The number of alkyl halides is 3. The molecule has 1 fully saturated rings. The smallest absolute Gasteiger partial charge is 0.422 e. The van der Waals surface area contributed by atoms with Gasteiger partial charge in [0.25, 0.3) is 0 Å². The molecule has 2 atom stereocenters. The van der Waals surface area contributed by atoms with Crippen molar-refractivity contribution in [3.63, 3.8) is 0 Å². The Bertz CT molecular complexity index is 537. The van der Waals surface area contributed by atoms with E-state index in [-0.39, 0.29) is 30.3 Å². The molecule has 128 valence electrons. The van der Waals surface area contributed by atoms with Crippen LogP contribution < -0.4 is 15.8 Å². The van der Waals surface area contributed by atoms with E-state index in [1.54, 1.807) is 6.07 Å². The highest BCUT2D eigenvalue weighted by Gasteiger charge is 2.28. The minimum Gasteiger partial charge on any atom is -0.468 e. The molecule has 0 unspecified atom stereocenters. The van der Waals surface area contributed by atoms with Gasteiger partial charge < -0.3 is 15.8 Å². The second-order valence-electron chi connectivity index (χ2n) is 5.74. The van der Waals surface area contributed by atoms with Gasteiger partial charge in [-0.05, 0) is 30.4 Å². The van der Waals surface area contributed by atoms with E-state index in [2.05, 4.69) is 15.0 Å². The lowest BCUT2D eigenvalue weighted by Gasteiger charge is -2.15. The number of nitrogens with two attached hydrogens (primary N) is 1. The summed E-state index contributed by atoms with van der Waals surface area (Å²) in [4.78, 5) is 15.6. The molecular formula is C15H20F3N3O2. The first-order chi connectivity index (χ1) is 10.8. The molecule has 2 rings (SSSR count). The Morgan fingerprint density at radius 3 is 2.87 bits per heavy atom. The van der Waals surface area contributed by atoms with Crippen molar-refractivity contribution in [2.75, 3.05) is 6.61 Å². The fourth-order valence-corrected chi connectivity index (χ4v) is 2.63. The maximum Gasteiger partial charge on any atom is 0.422 e. The van der Waals surface area contributed by atoms with Crippen LogP contribution >= 0.6 is 0 Å². The molecule has 0 aliphatic heterocycles. The maximum atomic E-state index is 12.1. The molecule has 8 heteroatoms. The molecule has 1 amide bonds. The largest absolute Gasteiger partial charge is 0.468 e. The monoisotopic (exact) mass is 331 g/mol. The molecule has 0 saturated heterocycles. The van der Waals surface area contributed by atoms with Crippen LogP contribution in [0.4, 0.5) is 13.2 Å². The Kier molecular flexibility index (Phi) is 5.81. The summed E-state index contributed by atoms with van der Waals surface area (Å²) in [5, 5.41) is 2.75. The second kappa shape index (κ2) is 7.63. The zero-order chi connectivity index (χ0) is 16.9. The van der Waals surface area contributed by atoms with Crippen molar-refractivity contribution in [2.45, 2.75) is 44.4 Å². The van der Waals surface area contributed by atoms with Crippen LogP contribution in [0.25, 0.3) is 0 Å². The molecule has 1 aromatic rings. The number of nitrogens with zero attached hydrogens (tertiary/aromatic N) is 1. The Hall–Kier alpha value is -1.83. The van der Waals surface area contributed by atoms with E-state index in [4.69, 9.17) is 5.73 Å². The predicted molar refractivity (Wildman–Crippen MR) is 77.6 cm³/mol. The molecule has 0 aromatic carbocycles. The van der Waals surface area contributed by atoms with Crippen molar-refractivity contribution in [3.05, 3.63) is 23.9 Å². The summed E-state index contributed by atoms with van der Waals surface area (Å²) >= 11 is 0. The number of ether oxygens (including phenoxy) is 1. The van der Waals surface area contributed by atoms with Crippen LogP contribution in [0.1, 0.15) is 31.2 Å². The lowest BCUT2D eigenvalue weighted by molar-refractivity contribution is -0.154. The van der Waals surface area contributed by atoms with Crippen LogP contribution in [0.5, 0.6) is 5.88 Å². The Balaban J connectivity index is 1.79. The third-order valence-corrected chi connectivity index (χ3v) is 3.84. The number of hydrogen-bond donors (Lipinski definition) is 2. The maximum absolute atomic E-state index is 12.1. The topological polar surface area (TPSA) is 77.2 Å². The van der Waals surface area contributed by atoms with E-state index in [1.807, 2.05) is 0 Å². The average molecular weight is 331 g/mol. The van der Waals surface area contributed by atoms with Crippen LogP contribution in [0, 0.1) is 5.92 Å². The zero-order valence-corrected chi connectivity index (χ0v) is 12.6. The summed E-state index contributed by atoms with van der Waals surface area (Å²) in [7, 11) is 0. The fourth-order valence-electron chi connectivity index (χ4n) is 2.63. The molecule has 0 spiro atoms. The highest BCUT2D eigenvalue weighted by Crippen LogP contribution is 2.26. The molecule has 5 nitrogen and oxygen atoms in total. The molecule has 0 radical (unpaired) electrons.